The molecule has 0 radical (unpaired) electrons. The van der Waals surface area contributed by atoms with Gasteiger partial charge in [0.2, 0.25) is 5.95 Å². The molecule has 1 aliphatic heterocycles. The summed E-state index contributed by atoms with van der Waals surface area (Å²) >= 11 is 0. The highest BCUT2D eigenvalue weighted by atomic mass is 16.2. The Morgan fingerprint density at radius 2 is 1.84 bits per heavy atom. The Hall–Kier alpha value is -1.69. The molecule has 1 saturated heterocycles. The summed E-state index contributed by atoms with van der Waals surface area (Å²) in [5.41, 5.74) is 0.575. The molecular formula is C13H19N5O. The maximum atomic E-state index is 12.3. The Bertz CT molecular complexity index is 449. The Labute approximate surface area is 112 Å². The summed E-state index contributed by atoms with van der Waals surface area (Å²) in [4.78, 5) is 24.8. The summed E-state index contributed by atoms with van der Waals surface area (Å²) in [6, 6.07) is 0.527. The molecule has 1 N–H and O–H groups in total. The minimum absolute atomic E-state index is 0.0334. The van der Waals surface area contributed by atoms with Gasteiger partial charge in [0.15, 0.2) is 0 Å². The molecule has 0 atom stereocenters. The molecule has 1 saturated carbocycles. The number of amides is 1. The number of nitrogens with zero attached hydrogens (tertiary/aromatic N) is 4. The molecule has 19 heavy (non-hydrogen) atoms. The van der Waals surface area contributed by atoms with Crippen molar-refractivity contribution in [2.24, 2.45) is 0 Å². The zero-order chi connectivity index (χ0) is 13.2. The summed E-state index contributed by atoms with van der Waals surface area (Å²) < 4.78 is 0. The molecule has 2 aliphatic rings. The minimum Gasteiger partial charge on any atom is -0.351 e. The van der Waals surface area contributed by atoms with E-state index in [1.165, 1.54) is 12.8 Å². The fourth-order valence-corrected chi connectivity index (χ4v) is 2.12. The highest BCUT2D eigenvalue weighted by Crippen LogP contribution is 2.22. The molecule has 0 spiro atoms. The summed E-state index contributed by atoms with van der Waals surface area (Å²) in [5, 5.41) is 3.21. The minimum atomic E-state index is 0.0334. The van der Waals surface area contributed by atoms with E-state index in [0.29, 0.717) is 17.6 Å². The highest BCUT2D eigenvalue weighted by molar-refractivity contribution is 5.93. The van der Waals surface area contributed by atoms with Crippen molar-refractivity contribution in [3.8, 4) is 0 Å². The molecule has 1 aliphatic carbocycles. The zero-order valence-corrected chi connectivity index (χ0v) is 11.2. The quantitative estimate of drug-likeness (QED) is 0.855. The van der Waals surface area contributed by atoms with Crippen molar-refractivity contribution in [1.82, 2.24) is 19.8 Å². The predicted octanol–water partition coefficient (Wildman–Crippen LogP) is 0.438. The number of piperazine rings is 1. The molecule has 1 amide bonds. The Morgan fingerprint density at radius 1 is 1.21 bits per heavy atom. The lowest BCUT2D eigenvalue weighted by Gasteiger charge is -2.32. The number of rotatable bonds is 3. The molecule has 102 valence electrons. The molecule has 0 unspecified atom stereocenters. The maximum Gasteiger partial charge on any atom is 0.257 e. The number of aromatic nitrogens is 2. The van der Waals surface area contributed by atoms with Gasteiger partial charge in [0.1, 0.15) is 0 Å². The molecule has 0 bridgehead atoms. The van der Waals surface area contributed by atoms with Crippen LogP contribution in [0.25, 0.3) is 0 Å². The fraction of sp³-hybridized carbons (Fsp3) is 0.615. The van der Waals surface area contributed by atoms with Crippen LogP contribution >= 0.6 is 0 Å². The van der Waals surface area contributed by atoms with E-state index in [0.717, 1.165) is 26.2 Å². The van der Waals surface area contributed by atoms with E-state index in [4.69, 9.17) is 0 Å². The van der Waals surface area contributed by atoms with Crippen molar-refractivity contribution >= 4 is 11.9 Å². The van der Waals surface area contributed by atoms with Gasteiger partial charge in [-0.15, -0.1) is 0 Å². The van der Waals surface area contributed by atoms with Crippen LogP contribution in [-0.4, -0.2) is 64.9 Å². The Morgan fingerprint density at radius 3 is 2.42 bits per heavy atom. The van der Waals surface area contributed by atoms with E-state index < -0.39 is 0 Å². The van der Waals surface area contributed by atoms with Crippen LogP contribution in [0.3, 0.4) is 0 Å². The van der Waals surface area contributed by atoms with E-state index in [9.17, 15) is 4.79 Å². The third-order valence-corrected chi connectivity index (χ3v) is 3.60. The molecule has 2 heterocycles. The van der Waals surface area contributed by atoms with Crippen LogP contribution in [0, 0.1) is 0 Å². The molecule has 6 heteroatoms. The van der Waals surface area contributed by atoms with Crippen LogP contribution in [0.15, 0.2) is 12.4 Å². The highest BCUT2D eigenvalue weighted by Gasteiger charge is 2.23. The molecule has 1 aromatic rings. The average molecular weight is 261 g/mol. The van der Waals surface area contributed by atoms with Crippen LogP contribution in [0.5, 0.6) is 0 Å². The second-order valence-electron chi connectivity index (χ2n) is 5.31. The maximum absolute atomic E-state index is 12.3. The van der Waals surface area contributed by atoms with Crippen LogP contribution in [0.4, 0.5) is 5.95 Å². The molecule has 2 fully saturated rings. The van der Waals surface area contributed by atoms with Crippen LogP contribution < -0.4 is 5.32 Å². The van der Waals surface area contributed by atoms with Crippen molar-refractivity contribution in [1.29, 1.82) is 0 Å². The van der Waals surface area contributed by atoms with Gasteiger partial charge in [0, 0.05) is 44.6 Å². The molecule has 1 aromatic heterocycles. The summed E-state index contributed by atoms with van der Waals surface area (Å²) in [6.07, 6.45) is 5.62. The molecule has 3 rings (SSSR count). The Kier molecular flexibility index (Phi) is 3.33. The summed E-state index contributed by atoms with van der Waals surface area (Å²) in [5.74, 6) is 0.656. The third-order valence-electron chi connectivity index (χ3n) is 3.60. The topological polar surface area (TPSA) is 61.4 Å². The van der Waals surface area contributed by atoms with Gasteiger partial charge in [-0.3, -0.25) is 4.79 Å². The summed E-state index contributed by atoms with van der Waals surface area (Å²) in [6.45, 7) is 3.40. The molecule has 0 aromatic carbocycles. The number of hydrogen-bond acceptors (Lipinski definition) is 5. The van der Waals surface area contributed by atoms with E-state index >= 15 is 0 Å². The van der Waals surface area contributed by atoms with Gasteiger partial charge in [-0.05, 0) is 19.9 Å². The lowest BCUT2D eigenvalue weighted by atomic mass is 10.2. The SMILES string of the molecule is CN1CCN(C(=O)c2cnc(NC3CC3)nc2)CC1. The Balaban J connectivity index is 1.62. The largest absolute Gasteiger partial charge is 0.351 e. The van der Waals surface area contributed by atoms with Crippen LogP contribution in [0.2, 0.25) is 0 Å². The second kappa shape index (κ2) is 5.13. The lowest BCUT2D eigenvalue weighted by Crippen LogP contribution is -2.47. The normalized spacial score (nSPS) is 20.4. The lowest BCUT2D eigenvalue weighted by molar-refractivity contribution is 0.0663. The van der Waals surface area contributed by atoms with Crippen LogP contribution in [-0.2, 0) is 0 Å². The van der Waals surface area contributed by atoms with Gasteiger partial charge in [0.25, 0.3) is 5.91 Å². The first kappa shape index (κ1) is 12.3. The zero-order valence-electron chi connectivity index (χ0n) is 11.2. The average Bonchev–Trinajstić information content (AvgIpc) is 3.24. The first-order valence-electron chi connectivity index (χ1n) is 6.79. The van der Waals surface area contributed by atoms with Crippen molar-refractivity contribution in [3.63, 3.8) is 0 Å². The fourth-order valence-electron chi connectivity index (χ4n) is 2.12. The first-order chi connectivity index (χ1) is 9.22. The third kappa shape index (κ3) is 3.01. The number of nitrogens with one attached hydrogen (secondary N) is 1. The van der Waals surface area contributed by atoms with E-state index in [-0.39, 0.29) is 5.91 Å². The van der Waals surface area contributed by atoms with Crippen molar-refractivity contribution in [3.05, 3.63) is 18.0 Å². The van der Waals surface area contributed by atoms with Gasteiger partial charge >= 0.3 is 0 Å². The van der Waals surface area contributed by atoms with E-state index in [1.807, 2.05) is 4.90 Å². The van der Waals surface area contributed by atoms with Crippen molar-refractivity contribution in [2.75, 3.05) is 38.5 Å². The molecular weight excluding hydrogens is 242 g/mol. The standard InChI is InChI=1S/C13H19N5O/c1-17-4-6-18(7-5-17)12(19)10-8-14-13(15-9-10)16-11-2-3-11/h8-9,11H,2-7H2,1H3,(H,14,15,16). The van der Waals surface area contributed by atoms with E-state index in [2.05, 4.69) is 27.2 Å². The second-order valence-corrected chi connectivity index (χ2v) is 5.31. The van der Waals surface area contributed by atoms with Crippen molar-refractivity contribution < 1.29 is 4.79 Å². The van der Waals surface area contributed by atoms with Crippen molar-refractivity contribution in [2.45, 2.75) is 18.9 Å². The summed E-state index contributed by atoms with van der Waals surface area (Å²) in [7, 11) is 2.07. The van der Waals surface area contributed by atoms with Gasteiger partial charge in [-0.2, -0.15) is 0 Å². The number of hydrogen-bond donors (Lipinski definition) is 1. The number of carbonyl (C=O) groups is 1. The number of carbonyl (C=O) groups excluding carboxylic acids is 1. The first-order valence-corrected chi connectivity index (χ1v) is 6.79. The monoisotopic (exact) mass is 261 g/mol. The van der Waals surface area contributed by atoms with Gasteiger partial charge in [-0.1, -0.05) is 0 Å². The predicted molar refractivity (Wildman–Crippen MR) is 72.1 cm³/mol. The molecule has 6 nitrogen and oxygen atoms in total. The smallest absolute Gasteiger partial charge is 0.257 e. The number of likely N-dealkylation sites (N-methyl/N-ethyl adjacent to an activating group) is 1. The number of anilines is 1. The van der Waals surface area contributed by atoms with Gasteiger partial charge in [0.05, 0.1) is 5.56 Å². The van der Waals surface area contributed by atoms with Gasteiger partial charge in [-0.25, -0.2) is 9.97 Å². The van der Waals surface area contributed by atoms with Gasteiger partial charge < -0.3 is 15.1 Å². The van der Waals surface area contributed by atoms with E-state index in [1.54, 1.807) is 12.4 Å². The van der Waals surface area contributed by atoms with Crippen LogP contribution in [0.1, 0.15) is 23.2 Å².